The van der Waals surface area contributed by atoms with Crippen LogP contribution in [0.25, 0.3) is 0 Å². The Morgan fingerprint density at radius 3 is 2.75 bits per heavy atom. The number of halogens is 1. The van der Waals surface area contributed by atoms with Crippen LogP contribution in [0.4, 0.5) is 4.39 Å². The van der Waals surface area contributed by atoms with E-state index < -0.39 is 0 Å². The number of pyridine rings is 1. The average Bonchev–Trinajstić information content (AvgIpc) is 2.42. The maximum absolute atomic E-state index is 13.2. The van der Waals surface area contributed by atoms with Gasteiger partial charge < -0.3 is 10.5 Å². The van der Waals surface area contributed by atoms with E-state index in [4.69, 9.17) is 10.5 Å². The number of nitrogens with two attached hydrogens (primary N) is 1. The van der Waals surface area contributed by atoms with Gasteiger partial charge in [0.05, 0.1) is 7.11 Å². The first kappa shape index (κ1) is 14.5. The zero-order valence-corrected chi connectivity index (χ0v) is 12.0. The molecule has 0 saturated carbocycles. The van der Waals surface area contributed by atoms with E-state index >= 15 is 0 Å². The minimum Gasteiger partial charge on any atom is -0.496 e. The van der Waals surface area contributed by atoms with Gasteiger partial charge >= 0.3 is 0 Å². The zero-order chi connectivity index (χ0) is 14.7. The quantitative estimate of drug-likeness (QED) is 0.932. The van der Waals surface area contributed by atoms with E-state index in [1.165, 1.54) is 12.1 Å². The molecule has 0 fully saturated rings. The molecule has 20 heavy (non-hydrogen) atoms. The van der Waals surface area contributed by atoms with Crippen LogP contribution in [0.2, 0.25) is 0 Å². The van der Waals surface area contributed by atoms with Crippen molar-refractivity contribution in [2.75, 3.05) is 7.11 Å². The van der Waals surface area contributed by atoms with Crippen LogP contribution >= 0.6 is 0 Å². The van der Waals surface area contributed by atoms with Gasteiger partial charge in [-0.3, -0.25) is 4.98 Å². The lowest BCUT2D eigenvalue weighted by molar-refractivity contribution is 0.406. The molecule has 2 aromatic rings. The van der Waals surface area contributed by atoms with Crippen LogP contribution in [0, 0.1) is 19.7 Å². The summed E-state index contributed by atoms with van der Waals surface area (Å²) in [6.45, 7) is 3.92. The van der Waals surface area contributed by atoms with E-state index in [-0.39, 0.29) is 11.9 Å². The molecule has 1 aromatic carbocycles. The number of hydrogen-bond acceptors (Lipinski definition) is 3. The molecule has 0 saturated heterocycles. The fourth-order valence-corrected chi connectivity index (χ4v) is 2.34. The number of aryl methyl sites for hydroxylation is 1. The number of methoxy groups -OCH3 is 1. The van der Waals surface area contributed by atoms with Crippen molar-refractivity contribution < 1.29 is 9.13 Å². The Balaban J connectivity index is 2.26. The SMILES string of the molecule is COc1c(C)cnc(CC(N)c2cccc(F)c2)c1C. The molecule has 0 aliphatic rings. The van der Waals surface area contributed by atoms with Crippen molar-refractivity contribution in [1.82, 2.24) is 4.98 Å². The van der Waals surface area contributed by atoms with Gasteiger partial charge in [0.1, 0.15) is 11.6 Å². The van der Waals surface area contributed by atoms with Gasteiger partial charge in [-0.25, -0.2) is 4.39 Å². The van der Waals surface area contributed by atoms with Gasteiger partial charge in [-0.2, -0.15) is 0 Å². The number of aromatic nitrogens is 1. The fourth-order valence-electron chi connectivity index (χ4n) is 2.34. The number of hydrogen-bond donors (Lipinski definition) is 1. The summed E-state index contributed by atoms with van der Waals surface area (Å²) in [7, 11) is 1.64. The van der Waals surface area contributed by atoms with Gasteiger partial charge in [-0.15, -0.1) is 0 Å². The average molecular weight is 274 g/mol. The summed E-state index contributed by atoms with van der Waals surface area (Å²) in [4.78, 5) is 4.42. The van der Waals surface area contributed by atoms with Gasteiger partial charge in [0, 0.05) is 35.5 Å². The van der Waals surface area contributed by atoms with Gasteiger partial charge in [0.25, 0.3) is 0 Å². The molecule has 0 aliphatic heterocycles. The number of ether oxygens (including phenoxy) is 1. The number of nitrogens with zero attached hydrogens (tertiary/aromatic N) is 1. The van der Waals surface area contributed by atoms with E-state index in [0.29, 0.717) is 6.42 Å². The molecule has 0 radical (unpaired) electrons. The molecule has 0 aliphatic carbocycles. The topological polar surface area (TPSA) is 48.1 Å². The van der Waals surface area contributed by atoms with Crippen molar-refractivity contribution in [2.45, 2.75) is 26.3 Å². The Morgan fingerprint density at radius 2 is 2.10 bits per heavy atom. The van der Waals surface area contributed by atoms with Crippen LogP contribution < -0.4 is 10.5 Å². The molecule has 2 N–H and O–H groups in total. The lowest BCUT2D eigenvalue weighted by Crippen LogP contribution is -2.15. The van der Waals surface area contributed by atoms with Crippen LogP contribution in [0.15, 0.2) is 30.5 Å². The Labute approximate surface area is 118 Å². The highest BCUT2D eigenvalue weighted by molar-refractivity contribution is 5.41. The molecule has 1 unspecified atom stereocenters. The Kier molecular flexibility index (Phi) is 4.35. The van der Waals surface area contributed by atoms with Crippen molar-refractivity contribution in [3.63, 3.8) is 0 Å². The summed E-state index contributed by atoms with van der Waals surface area (Å²) >= 11 is 0. The summed E-state index contributed by atoms with van der Waals surface area (Å²) < 4.78 is 18.6. The van der Waals surface area contributed by atoms with Crippen molar-refractivity contribution in [3.8, 4) is 5.75 Å². The highest BCUT2D eigenvalue weighted by Gasteiger charge is 2.14. The molecule has 0 bridgehead atoms. The van der Waals surface area contributed by atoms with Crippen molar-refractivity contribution in [3.05, 3.63) is 58.7 Å². The first-order valence-corrected chi connectivity index (χ1v) is 6.53. The molecule has 1 heterocycles. The van der Waals surface area contributed by atoms with Crippen LogP contribution in [0.1, 0.15) is 28.4 Å². The molecule has 0 spiro atoms. The molecule has 2 rings (SSSR count). The maximum atomic E-state index is 13.2. The van der Waals surface area contributed by atoms with Gasteiger partial charge in [0.2, 0.25) is 0 Å². The minimum absolute atomic E-state index is 0.274. The lowest BCUT2D eigenvalue weighted by Gasteiger charge is -2.16. The Hall–Kier alpha value is -1.94. The molecule has 106 valence electrons. The summed E-state index contributed by atoms with van der Waals surface area (Å²) in [5.74, 6) is 0.561. The molecule has 0 amide bonds. The second-order valence-corrected chi connectivity index (χ2v) is 4.91. The normalized spacial score (nSPS) is 12.2. The molecule has 3 nitrogen and oxygen atoms in total. The van der Waals surface area contributed by atoms with Crippen molar-refractivity contribution >= 4 is 0 Å². The van der Waals surface area contributed by atoms with E-state index in [9.17, 15) is 4.39 Å². The first-order valence-electron chi connectivity index (χ1n) is 6.53. The van der Waals surface area contributed by atoms with Gasteiger partial charge in [0.15, 0.2) is 0 Å². The third kappa shape index (κ3) is 2.96. The van der Waals surface area contributed by atoms with Gasteiger partial charge in [-0.05, 0) is 31.5 Å². The molecular formula is C16H19FN2O. The smallest absolute Gasteiger partial charge is 0.128 e. The Bertz CT molecular complexity index is 613. The third-order valence-electron chi connectivity index (χ3n) is 3.44. The standard InChI is InChI=1S/C16H19FN2O/c1-10-9-19-15(11(2)16(10)20-3)8-14(18)12-5-4-6-13(17)7-12/h4-7,9,14H,8,18H2,1-3H3. The highest BCUT2D eigenvalue weighted by Crippen LogP contribution is 2.26. The molecule has 4 heteroatoms. The predicted octanol–water partition coefficient (Wildman–Crippen LogP) is 3.09. The third-order valence-corrected chi connectivity index (χ3v) is 3.44. The summed E-state index contributed by atoms with van der Waals surface area (Å²) in [6.07, 6.45) is 2.32. The lowest BCUT2D eigenvalue weighted by atomic mass is 9.99. The highest BCUT2D eigenvalue weighted by atomic mass is 19.1. The Morgan fingerprint density at radius 1 is 1.35 bits per heavy atom. The minimum atomic E-state index is -0.288. The number of rotatable bonds is 4. The van der Waals surface area contributed by atoms with E-state index in [2.05, 4.69) is 4.98 Å². The van der Waals surface area contributed by atoms with Crippen LogP contribution in [-0.2, 0) is 6.42 Å². The second kappa shape index (κ2) is 6.01. The van der Waals surface area contributed by atoms with Crippen molar-refractivity contribution in [1.29, 1.82) is 0 Å². The number of benzene rings is 1. The van der Waals surface area contributed by atoms with E-state index in [1.54, 1.807) is 19.4 Å². The van der Waals surface area contributed by atoms with E-state index in [1.807, 2.05) is 19.9 Å². The van der Waals surface area contributed by atoms with Crippen molar-refractivity contribution in [2.24, 2.45) is 5.73 Å². The monoisotopic (exact) mass is 274 g/mol. The summed E-state index contributed by atoms with van der Waals surface area (Å²) in [6, 6.07) is 6.08. The second-order valence-electron chi connectivity index (χ2n) is 4.91. The van der Waals surface area contributed by atoms with Crippen LogP contribution in [0.5, 0.6) is 5.75 Å². The molecule has 1 atom stereocenters. The largest absolute Gasteiger partial charge is 0.496 e. The fraction of sp³-hybridized carbons (Fsp3) is 0.312. The molecule has 1 aromatic heterocycles. The summed E-state index contributed by atoms with van der Waals surface area (Å²) in [5, 5.41) is 0. The predicted molar refractivity (Wildman–Crippen MR) is 77.3 cm³/mol. The zero-order valence-electron chi connectivity index (χ0n) is 12.0. The van der Waals surface area contributed by atoms with E-state index in [0.717, 1.165) is 28.1 Å². The molecular weight excluding hydrogens is 255 g/mol. The van der Waals surface area contributed by atoms with Crippen LogP contribution in [-0.4, -0.2) is 12.1 Å². The van der Waals surface area contributed by atoms with Crippen LogP contribution in [0.3, 0.4) is 0 Å². The van der Waals surface area contributed by atoms with Gasteiger partial charge in [-0.1, -0.05) is 12.1 Å². The summed E-state index contributed by atoms with van der Waals surface area (Å²) in [5.41, 5.74) is 9.77. The maximum Gasteiger partial charge on any atom is 0.128 e. The first-order chi connectivity index (χ1) is 9.52.